The molecule has 0 N–H and O–H groups in total. The second kappa shape index (κ2) is 2.31. The van der Waals surface area contributed by atoms with Crippen LogP contribution in [0.4, 0.5) is 0 Å². The molecule has 0 aliphatic carbocycles. The van der Waals surface area contributed by atoms with Gasteiger partial charge in [0, 0.05) is 6.07 Å². The number of hydrogen-bond donors (Lipinski definition) is 0. The van der Waals surface area contributed by atoms with Gasteiger partial charge < -0.3 is 4.74 Å². The minimum absolute atomic E-state index is 0.604. The summed E-state index contributed by atoms with van der Waals surface area (Å²) < 4.78 is 4.77. The fourth-order valence-electron chi connectivity index (χ4n) is 0.425. The molecule has 2 heteroatoms. The van der Waals surface area contributed by atoms with Crippen LogP contribution in [0.1, 0.15) is 0 Å². The molecule has 0 amide bonds. The van der Waals surface area contributed by atoms with E-state index < -0.39 is 0 Å². The normalized spacial score (nSPS) is 8.62. The van der Waals surface area contributed by atoms with Crippen molar-refractivity contribution < 1.29 is 4.74 Å². The lowest BCUT2D eigenvalue weighted by atomic mass is 10.5. The smallest absolute Gasteiger partial charge is 0.213 e. The van der Waals surface area contributed by atoms with E-state index in [2.05, 4.69) is 11.2 Å². The molecule has 1 heterocycles. The van der Waals surface area contributed by atoms with E-state index in [0.717, 1.165) is 0 Å². The molecule has 0 saturated carbocycles. The van der Waals surface area contributed by atoms with Gasteiger partial charge in [-0.3, -0.25) is 0 Å². The van der Waals surface area contributed by atoms with Crippen LogP contribution < -0.4 is 4.74 Å². The summed E-state index contributed by atoms with van der Waals surface area (Å²) in [5, 5.41) is 0. The maximum atomic E-state index is 4.77. The summed E-state index contributed by atoms with van der Waals surface area (Å²) in [5.41, 5.74) is 0. The molecule has 1 aromatic rings. The van der Waals surface area contributed by atoms with E-state index in [-0.39, 0.29) is 0 Å². The molecule has 1 rings (SSSR count). The SMILES string of the molecule is COc1ccc[c]n1. The standard InChI is InChI=1S/C6H6NO/c1-8-6-4-2-3-5-7-6/h2-4H,1H3. The zero-order valence-electron chi connectivity index (χ0n) is 4.59. The van der Waals surface area contributed by atoms with E-state index in [0.29, 0.717) is 5.88 Å². The van der Waals surface area contributed by atoms with Gasteiger partial charge in [0.25, 0.3) is 0 Å². The van der Waals surface area contributed by atoms with Crippen LogP contribution >= 0.6 is 0 Å². The van der Waals surface area contributed by atoms with Gasteiger partial charge in [0.15, 0.2) is 0 Å². The Labute approximate surface area is 48.1 Å². The Hall–Kier alpha value is -1.05. The monoisotopic (exact) mass is 108 g/mol. The second-order valence-corrected chi connectivity index (χ2v) is 1.31. The third-order valence-corrected chi connectivity index (χ3v) is 0.793. The van der Waals surface area contributed by atoms with E-state index in [9.17, 15) is 0 Å². The Morgan fingerprint density at radius 1 is 1.75 bits per heavy atom. The average Bonchev–Trinajstić information content (AvgIpc) is 1.90. The van der Waals surface area contributed by atoms with Gasteiger partial charge in [-0.05, 0) is 6.07 Å². The maximum absolute atomic E-state index is 4.77. The topological polar surface area (TPSA) is 22.1 Å². The van der Waals surface area contributed by atoms with Gasteiger partial charge in [0.2, 0.25) is 5.88 Å². The van der Waals surface area contributed by atoms with Crippen molar-refractivity contribution in [1.82, 2.24) is 4.98 Å². The highest BCUT2D eigenvalue weighted by Crippen LogP contribution is 1.99. The van der Waals surface area contributed by atoms with Gasteiger partial charge in [0.05, 0.1) is 13.3 Å². The highest BCUT2D eigenvalue weighted by Gasteiger charge is 1.82. The summed E-state index contributed by atoms with van der Waals surface area (Å²) in [4.78, 5) is 3.75. The molecule has 41 valence electrons. The van der Waals surface area contributed by atoms with Crippen molar-refractivity contribution >= 4 is 0 Å². The minimum Gasteiger partial charge on any atom is -0.481 e. The lowest BCUT2D eigenvalue weighted by molar-refractivity contribution is 0.397. The van der Waals surface area contributed by atoms with Crippen LogP contribution in [0, 0.1) is 6.20 Å². The van der Waals surface area contributed by atoms with Crippen LogP contribution in [-0.4, -0.2) is 12.1 Å². The molecule has 0 unspecified atom stereocenters. The molecule has 0 spiro atoms. The lowest BCUT2D eigenvalue weighted by Gasteiger charge is -1.91. The van der Waals surface area contributed by atoms with E-state index >= 15 is 0 Å². The van der Waals surface area contributed by atoms with E-state index in [1.165, 1.54) is 0 Å². The first-order valence-electron chi connectivity index (χ1n) is 2.30. The fourth-order valence-corrected chi connectivity index (χ4v) is 0.425. The van der Waals surface area contributed by atoms with Crippen LogP contribution in [0.25, 0.3) is 0 Å². The molecular weight excluding hydrogens is 102 g/mol. The van der Waals surface area contributed by atoms with Crippen molar-refractivity contribution in [2.24, 2.45) is 0 Å². The first kappa shape index (κ1) is 5.09. The highest BCUT2D eigenvalue weighted by molar-refractivity contribution is 5.07. The van der Waals surface area contributed by atoms with E-state index in [1.54, 1.807) is 19.2 Å². The molecule has 0 saturated heterocycles. The van der Waals surface area contributed by atoms with Crippen molar-refractivity contribution in [2.45, 2.75) is 0 Å². The molecule has 0 aliphatic rings. The van der Waals surface area contributed by atoms with E-state index in [4.69, 9.17) is 4.74 Å². The highest BCUT2D eigenvalue weighted by atomic mass is 16.5. The Morgan fingerprint density at radius 2 is 2.62 bits per heavy atom. The molecule has 0 fully saturated rings. The van der Waals surface area contributed by atoms with Crippen LogP contribution in [0.5, 0.6) is 5.88 Å². The van der Waals surface area contributed by atoms with Crippen molar-refractivity contribution in [2.75, 3.05) is 7.11 Å². The van der Waals surface area contributed by atoms with Gasteiger partial charge in [-0.2, -0.15) is 0 Å². The van der Waals surface area contributed by atoms with Gasteiger partial charge in [-0.15, -0.1) is 0 Å². The summed E-state index contributed by atoms with van der Waals surface area (Å²) in [6.07, 6.45) is 2.64. The van der Waals surface area contributed by atoms with Crippen molar-refractivity contribution in [3.63, 3.8) is 0 Å². The molecule has 0 aliphatic heterocycles. The molecule has 2 nitrogen and oxygen atoms in total. The zero-order chi connectivity index (χ0) is 5.82. The predicted molar refractivity (Wildman–Crippen MR) is 29.6 cm³/mol. The molecule has 0 atom stereocenters. The average molecular weight is 108 g/mol. The molecule has 0 bridgehead atoms. The van der Waals surface area contributed by atoms with Gasteiger partial charge in [-0.1, -0.05) is 6.07 Å². The minimum atomic E-state index is 0.604. The first-order valence-corrected chi connectivity index (χ1v) is 2.30. The van der Waals surface area contributed by atoms with Crippen molar-refractivity contribution in [1.29, 1.82) is 0 Å². The lowest BCUT2D eigenvalue weighted by Crippen LogP contribution is -1.83. The Bertz CT molecular complexity index is 150. The molecule has 1 aromatic heterocycles. The van der Waals surface area contributed by atoms with Crippen LogP contribution in [0.3, 0.4) is 0 Å². The Balaban J connectivity index is 2.83. The Morgan fingerprint density at radius 3 is 3.00 bits per heavy atom. The van der Waals surface area contributed by atoms with Gasteiger partial charge in [-0.25, -0.2) is 4.98 Å². The summed E-state index contributed by atoms with van der Waals surface area (Å²) in [7, 11) is 1.58. The van der Waals surface area contributed by atoms with E-state index in [1.807, 2.05) is 6.07 Å². The zero-order valence-corrected chi connectivity index (χ0v) is 4.59. The summed E-state index contributed by atoms with van der Waals surface area (Å²) >= 11 is 0. The van der Waals surface area contributed by atoms with Gasteiger partial charge in [0.1, 0.15) is 0 Å². The molecule has 0 aromatic carbocycles. The predicted octanol–water partition coefficient (Wildman–Crippen LogP) is 0.890. The maximum Gasteiger partial charge on any atom is 0.213 e. The number of hydrogen-bond acceptors (Lipinski definition) is 2. The third-order valence-electron chi connectivity index (χ3n) is 0.793. The summed E-state index contributed by atoms with van der Waals surface area (Å²) in [6.45, 7) is 0. The number of pyridine rings is 1. The van der Waals surface area contributed by atoms with Crippen molar-refractivity contribution in [3.8, 4) is 5.88 Å². The first-order chi connectivity index (χ1) is 3.93. The number of rotatable bonds is 1. The number of methoxy groups -OCH3 is 1. The summed E-state index contributed by atoms with van der Waals surface area (Å²) in [6, 6.07) is 5.32. The van der Waals surface area contributed by atoms with Gasteiger partial charge >= 0.3 is 0 Å². The quantitative estimate of drug-likeness (QED) is 0.533. The third kappa shape index (κ3) is 0.964. The molecular formula is C6H6NO. The Kier molecular flexibility index (Phi) is 1.47. The van der Waals surface area contributed by atoms with Crippen LogP contribution in [0.2, 0.25) is 0 Å². The number of aromatic nitrogens is 1. The van der Waals surface area contributed by atoms with Crippen molar-refractivity contribution in [3.05, 3.63) is 24.4 Å². The number of ether oxygens (including phenoxy) is 1. The van der Waals surface area contributed by atoms with Crippen LogP contribution in [0.15, 0.2) is 18.2 Å². The summed E-state index contributed by atoms with van der Waals surface area (Å²) in [5.74, 6) is 0.604. The van der Waals surface area contributed by atoms with Crippen LogP contribution in [-0.2, 0) is 0 Å². The number of nitrogens with zero attached hydrogens (tertiary/aromatic N) is 1. The molecule has 8 heavy (non-hydrogen) atoms. The fraction of sp³-hybridized carbons (Fsp3) is 0.167. The second-order valence-electron chi connectivity index (χ2n) is 1.31. The molecule has 1 radical (unpaired) electrons. The largest absolute Gasteiger partial charge is 0.481 e.